The molecule has 0 radical (unpaired) electrons. The zero-order valence-corrected chi connectivity index (χ0v) is 10.8. The van der Waals surface area contributed by atoms with Gasteiger partial charge in [-0.1, -0.05) is 6.07 Å². The van der Waals surface area contributed by atoms with Gasteiger partial charge in [-0.15, -0.1) is 0 Å². The normalized spacial score (nSPS) is 13.5. The zero-order chi connectivity index (χ0) is 13.2. The molecular weight excluding hydrogens is 240 g/mol. The van der Waals surface area contributed by atoms with E-state index >= 15 is 0 Å². The van der Waals surface area contributed by atoms with Gasteiger partial charge in [-0.25, -0.2) is 0 Å². The summed E-state index contributed by atoms with van der Waals surface area (Å²) < 4.78 is 5.30. The van der Waals surface area contributed by atoms with E-state index in [1.54, 1.807) is 12.1 Å². The predicted octanol–water partition coefficient (Wildman–Crippen LogP) is 3.20. The number of benzene rings is 1. The van der Waals surface area contributed by atoms with Gasteiger partial charge in [0, 0.05) is 17.9 Å². The van der Waals surface area contributed by atoms with Crippen LogP contribution in [0.5, 0.6) is 0 Å². The van der Waals surface area contributed by atoms with Gasteiger partial charge in [0.15, 0.2) is 5.76 Å². The summed E-state index contributed by atoms with van der Waals surface area (Å²) in [5.41, 5.74) is 3.20. The van der Waals surface area contributed by atoms with Crippen molar-refractivity contribution in [2.24, 2.45) is 0 Å². The molecule has 0 unspecified atom stereocenters. The van der Waals surface area contributed by atoms with Crippen LogP contribution in [0.3, 0.4) is 0 Å². The van der Waals surface area contributed by atoms with Crippen molar-refractivity contribution in [2.45, 2.75) is 19.8 Å². The maximum absolute atomic E-state index is 12.0. The number of amides is 1. The van der Waals surface area contributed by atoms with Gasteiger partial charge in [0.1, 0.15) is 5.76 Å². The number of nitrogens with one attached hydrogen (secondary N) is 2. The summed E-state index contributed by atoms with van der Waals surface area (Å²) in [7, 11) is 0. The Labute approximate surface area is 111 Å². The van der Waals surface area contributed by atoms with Gasteiger partial charge in [-0.3, -0.25) is 4.79 Å². The van der Waals surface area contributed by atoms with Crippen LogP contribution in [0.25, 0.3) is 0 Å². The third-order valence-corrected chi connectivity index (χ3v) is 3.27. The van der Waals surface area contributed by atoms with E-state index in [-0.39, 0.29) is 5.91 Å². The summed E-state index contributed by atoms with van der Waals surface area (Å²) in [4.78, 5) is 12.0. The van der Waals surface area contributed by atoms with Crippen molar-refractivity contribution < 1.29 is 9.21 Å². The molecule has 0 spiro atoms. The number of carbonyl (C=O) groups excluding carboxylic acids is 1. The van der Waals surface area contributed by atoms with Crippen LogP contribution in [0.4, 0.5) is 11.4 Å². The molecule has 19 heavy (non-hydrogen) atoms. The smallest absolute Gasteiger partial charge is 0.291 e. The molecule has 1 aromatic carbocycles. The Morgan fingerprint density at radius 2 is 2.21 bits per heavy atom. The molecule has 98 valence electrons. The second-order valence-electron chi connectivity index (χ2n) is 4.77. The minimum absolute atomic E-state index is 0.219. The van der Waals surface area contributed by atoms with Crippen LogP contribution in [-0.4, -0.2) is 12.5 Å². The molecule has 1 amide bonds. The maximum Gasteiger partial charge on any atom is 0.291 e. The van der Waals surface area contributed by atoms with Crippen molar-refractivity contribution in [3.05, 3.63) is 47.4 Å². The topological polar surface area (TPSA) is 54.3 Å². The lowest BCUT2D eigenvalue weighted by molar-refractivity contribution is 0.0995. The van der Waals surface area contributed by atoms with Crippen LogP contribution >= 0.6 is 0 Å². The van der Waals surface area contributed by atoms with E-state index in [1.165, 1.54) is 5.56 Å². The van der Waals surface area contributed by atoms with Gasteiger partial charge in [0.2, 0.25) is 0 Å². The van der Waals surface area contributed by atoms with Gasteiger partial charge in [0.05, 0.1) is 0 Å². The molecule has 2 heterocycles. The van der Waals surface area contributed by atoms with Crippen molar-refractivity contribution >= 4 is 17.3 Å². The first-order valence-corrected chi connectivity index (χ1v) is 6.47. The van der Waals surface area contributed by atoms with E-state index in [9.17, 15) is 4.79 Å². The Hall–Kier alpha value is -2.23. The number of furan rings is 1. The molecule has 4 heteroatoms. The van der Waals surface area contributed by atoms with E-state index < -0.39 is 0 Å². The summed E-state index contributed by atoms with van der Waals surface area (Å²) in [6.45, 7) is 2.81. The van der Waals surface area contributed by atoms with Crippen molar-refractivity contribution in [3.8, 4) is 0 Å². The van der Waals surface area contributed by atoms with Gasteiger partial charge < -0.3 is 15.1 Å². The molecule has 0 saturated heterocycles. The highest BCUT2D eigenvalue weighted by Crippen LogP contribution is 2.25. The third-order valence-electron chi connectivity index (χ3n) is 3.27. The van der Waals surface area contributed by atoms with E-state index in [4.69, 9.17) is 4.42 Å². The Kier molecular flexibility index (Phi) is 2.99. The third kappa shape index (κ3) is 2.47. The van der Waals surface area contributed by atoms with E-state index in [2.05, 4.69) is 16.7 Å². The second-order valence-corrected chi connectivity index (χ2v) is 4.77. The minimum Gasteiger partial charge on any atom is -0.456 e. The lowest BCUT2D eigenvalue weighted by atomic mass is 10.0. The largest absolute Gasteiger partial charge is 0.456 e. The summed E-state index contributed by atoms with van der Waals surface area (Å²) >= 11 is 0. The van der Waals surface area contributed by atoms with Crippen molar-refractivity contribution in [3.63, 3.8) is 0 Å². The molecule has 2 aromatic rings. The second kappa shape index (κ2) is 4.80. The Bertz CT molecular complexity index is 616. The first-order valence-electron chi connectivity index (χ1n) is 6.47. The van der Waals surface area contributed by atoms with Gasteiger partial charge >= 0.3 is 0 Å². The van der Waals surface area contributed by atoms with Crippen molar-refractivity contribution in [2.75, 3.05) is 17.2 Å². The SMILES string of the molecule is Cc1ccc(C(=O)Nc2ccc3c(c2)NCCC3)o1. The van der Waals surface area contributed by atoms with Crippen LogP contribution in [0.15, 0.2) is 34.7 Å². The quantitative estimate of drug-likeness (QED) is 0.867. The van der Waals surface area contributed by atoms with Crippen LogP contribution in [-0.2, 0) is 6.42 Å². The fourth-order valence-electron chi connectivity index (χ4n) is 2.29. The highest BCUT2D eigenvalue weighted by Gasteiger charge is 2.12. The van der Waals surface area contributed by atoms with Crippen LogP contribution in [0.1, 0.15) is 28.3 Å². The first kappa shape index (κ1) is 11.8. The average Bonchev–Trinajstić information content (AvgIpc) is 2.85. The van der Waals surface area contributed by atoms with Crippen LogP contribution in [0, 0.1) is 6.92 Å². The lowest BCUT2D eigenvalue weighted by Gasteiger charge is -2.18. The van der Waals surface area contributed by atoms with Crippen molar-refractivity contribution in [1.29, 1.82) is 0 Å². The van der Waals surface area contributed by atoms with Gasteiger partial charge in [-0.2, -0.15) is 0 Å². The summed E-state index contributed by atoms with van der Waals surface area (Å²) in [6.07, 6.45) is 2.25. The predicted molar refractivity (Wildman–Crippen MR) is 74.7 cm³/mol. The standard InChI is InChI=1S/C15H16N2O2/c1-10-4-7-14(19-10)15(18)17-12-6-5-11-3-2-8-16-13(11)9-12/h4-7,9,16H,2-3,8H2,1H3,(H,17,18). The summed E-state index contributed by atoms with van der Waals surface area (Å²) in [6, 6.07) is 9.43. The number of rotatable bonds is 2. The number of fused-ring (bicyclic) bond motifs is 1. The fourth-order valence-corrected chi connectivity index (χ4v) is 2.29. The highest BCUT2D eigenvalue weighted by atomic mass is 16.3. The molecule has 0 bridgehead atoms. The van der Waals surface area contributed by atoms with E-state index in [0.29, 0.717) is 5.76 Å². The molecule has 0 saturated carbocycles. The average molecular weight is 256 g/mol. The first-order chi connectivity index (χ1) is 9.22. The van der Waals surface area contributed by atoms with E-state index in [1.807, 2.05) is 19.1 Å². The molecule has 1 aliphatic rings. The molecule has 2 N–H and O–H groups in total. The maximum atomic E-state index is 12.0. The zero-order valence-electron chi connectivity index (χ0n) is 10.8. The van der Waals surface area contributed by atoms with Crippen LogP contribution in [0.2, 0.25) is 0 Å². The number of hydrogen-bond acceptors (Lipinski definition) is 3. The fraction of sp³-hybridized carbons (Fsp3) is 0.267. The Balaban J connectivity index is 1.78. The van der Waals surface area contributed by atoms with Gasteiger partial charge in [0.25, 0.3) is 5.91 Å². The molecule has 0 aliphatic carbocycles. The molecule has 1 aliphatic heterocycles. The van der Waals surface area contributed by atoms with Crippen molar-refractivity contribution in [1.82, 2.24) is 0 Å². The number of aryl methyl sites for hydroxylation is 2. The molecule has 0 fully saturated rings. The molecule has 0 atom stereocenters. The number of hydrogen-bond donors (Lipinski definition) is 2. The lowest BCUT2D eigenvalue weighted by Crippen LogP contribution is -2.14. The summed E-state index contributed by atoms with van der Waals surface area (Å²) in [5, 5.41) is 6.19. The molecule has 4 nitrogen and oxygen atoms in total. The highest BCUT2D eigenvalue weighted by molar-refractivity contribution is 6.02. The number of carbonyl (C=O) groups is 1. The molecular formula is C15H16N2O2. The molecule has 3 rings (SSSR count). The van der Waals surface area contributed by atoms with E-state index in [0.717, 1.165) is 36.5 Å². The molecule has 1 aromatic heterocycles. The Morgan fingerprint density at radius 3 is 3.00 bits per heavy atom. The van der Waals surface area contributed by atoms with Crippen LogP contribution < -0.4 is 10.6 Å². The Morgan fingerprint density at radius 1 is 1.32 bits per heavy atom. The monoisotopic (exact) mass is 256 g/mol. The number of anilines is 2. The summed E-state index contributed by atoms with van der Waals surface area (Å²) in [5.74, 6) is 0.851. The van der Waals surface area contributed by atoms with Gasteiger partial charge in [-0.05, 0) is 49.6 Å². The minimum atomic E-state index is -0.219.